The predicted molar refractivity (Wildman–Crippen MR) is 149 cm³/mol. The van der Waals surface area contributed by atoms with E-state index in [-0.39, 0.29) is 63.0 Å². The minimum absolute atomic E-state index is 0. The Kier molecular flexibility index (Phi) is 10.6. The molecule has 0 saturated heterocycles. The van der Waals surface area contributed by atoms with Crippen LogP contribution in [0.3, 0.4) is 0 Å². The summed E-state index contributed by atoms with van der Waals surface area (Å²) >= 11 is 12.2. The van der Waals surface area contributed by atoms with Gasteiger partial charge in [-0.1, -0.05) is 66.2 Å². The number of carbonyl (C=O) groups excluding carboxylic acids is 1. The number of carbonyl (C=O) groups is 1. The molecule has 13 heteroatoms. The van der Waals surface area contributed by atoms with Gasteiger partial charge in [-0.3, -0.25) is 9.35 Å². The molecule has 0 unspecified atom stereocenters. The summed E-state index contributed by atoms with van der Waals surface area (Å²) in [6.07, 6.45) is 0.412. The molecule has 0 bridgehead atoms. The minimum Gasteiger partial charge on any atom is -0.870 e. The van der Waals surface area contributed by atoms with Crippen LogP contribution in [0.5, 0.6) is 11.5 Å². The standard InChI is InChI=1S/C27H23Cl2N3O6S.Na/c1-3-15-13-20(29)23(39(35,36)37)14-22(15)31-32-24-17-9-6-5-8-16(17)12-18(25(24)33)27(34)30-21-11-7-10-19(28)26(21)38-4-2;/h5-14,33H,3-4H2,1-2H3,(H,30,34)(H,35,36,37);/q;+1/p-1. The number of hydrogen-bond donors (Lipinski definition) is 2. The van der Waals surface area contributed by atoms with Crippen molar-refractivity contribution in [1.82, 2.24) is 0 Å². The smallest absolute Gasteiger partial charge is 0.870 e. The average molecular weight is 610 g/mol. The molecule has 9 nitrogen and oxygen atoms in total. The maximum Gasteiger partial charge on any atom is 1.00 e. The number of nitrogens with zero attached hydrogens (tertiary/aromatic N) is 2. The number of amides is 1. The molecule has 0 atom stereocenters. The molecule has 4 aromatic carbocycles. The van der Waals surface area contributed by atoms with Crippen molar-refractivity contribution in [3.05, 3.63) is 81.8 Å². The van der Waals surface area contributed by atoms with Gasteiger partial charge in [0.1, 0.15) is 4.90 Å². The zero-order chi connectivity index (χ0) is 28.3. The van der Waals surface area contributed by atoms with Crippen molar-refractivity contribution in [2.24, 2.45) is 10.2 Å². The first-order valence-electron chi connectivity index (χ1n) is 11.7. The third-order valence-corrected chi connectivity index (χ3v) is 7.39. The Hall–Kier alpha value is -2.70. The van der Waals surface area contributed by atoms with Crippen LogP contribution in [0, 0.1) is 0 Å². The van der Waals surface area contributed by atoms with E-state index in [1.54, 1.807) is 56.3 Å². The van der Waals surface area contributed by atoms with E-state index < -0.39 is 26.7 Å². The largest absolute Gasteiger partial charge is 1.00 e. The molecule has 0 aliphatic rings. The second-order valence-corrected chi connectivity index (χ2v) is 10.5. The summed E-state index contributed by atoms with van der Waals surface area (Å²) in [7, 11) is -4.63. The second-order valence-electron chi connectivity index (χ2n) is 8.27. The number of azo groups is 1. The van der Waals surface area contributed by atoms with Crippen molar-refractivity contribution in [3.63, 3.8) is 0 Å². The third kappa shape index (κ3) is 6.77. The molecule has 40 heavy (non-hydrogen) atoms. The second kappa shape index (κ2) is 13.3. The molecule has 1 amide bonds. The molecule has 0 spiro atoms. The fourth-order valence-corrected chi connectivity index (χ4v) is 5.20. The van der Waals surface area contributed by atoms with E-state index in [0.717, 1.165) is 6.07 Å². The normalized spacial score (nSPS) is 11.4. The first kappa shape index (κ1) is 31.8. The SMILES string of the molecule is CCOc1c(Cl)cccc1NC(=O)c1cc2ccccc2c(N=Nc2cc(S(=O)(=O)O)c(Cl)cc2CC)c1[O-].[Na+]. The van der Waals surface area contributed by atoms with Crippen LogP contribution in [-0.4, -0.2) is 25.5 Å². The van der Waals surface area contributed by atoms with Gasteiger partial charge in [-0.15, -0.1) is 0 Å². The summed E-state index contributed by atoms with van der Waals surface area (Å²) in [6.45, 7) is 3.88. The van der Waals surface area contributed by atoms with Gasteiger partial charge in [-0.05, 0) is 54.6 Å². The molecule has 2 N–H and O–H groups in total. The van der Waals surface area contributed by atoms with E-state index in [2.05, 4.69) is 15.5 Å². The number of ether oxygens (including phenoxy) is 1. The Labute approximate surface area is 263 Å². The number of halogens is 2. The fraction of sp³-hybridized carbons (Fsp3) is 0.148. The summed E-state index contributed by atoms with van der Waals surface area (Å²) < 4.78 is 38.6. The van der Waals surface area contributed by atoms with Gasteiger partial charge < -0.3 is 15.2 Å². The molecule has 0 aliphatic carbocycles. The number of anilines is 1. The zero-order valence-electron chi connectivity index (χ0n) is 21.7. The fourth-order valence-electron chi connectivity index (χ4n) is 3.93. The van der Waals surface area contributed by atoms with Crippen molar-refractivity contribution in [2.75, 3.05) is 11.9 Å². The number of fused-ring (bicyclic) bond motifs is 1. The summed E-state index contributed by atoms with van der Waals surface area (Å²) in [6, 6.07) is 15.6. The summed E-state index contributed by atoms with van der Waals surface area (Å²) in [5.41, 5.74) is 0.589. The van der Waals surface area contributed by atoms with E-state index in [0.29, 0.717) is 34.4 Å². The van der Waals surface area contributed by atoms with Gasteiger partial charge in [0, 0.05) is 10.9 Å². The van der Waals surface area contributed by atoms with Crippen molar-refractivity contribution in [1.29, 1.82) is 0 Å². The molecule has 4 aromatic rings. The molecular formula is C27H22Cl2N3NaO6S. The molecule has 4 rings (SSSR count). The van der Waals surface area contributed by atoms with E-state index in [1.807, 2.05) is 0 Å². The molecule has 0 aliphatic heterocycles. The van der Waals surface area contributed by atoms with Crippen LogP contribution < -0.4 is 44.7 Å². The average Bonchev–Trinajstić information content (AvgIpc) is 2.89. The third-order valence-electron chi connectivity index (χ3n) is 5.77. The Balaban J connectivity index is 0.00000441. The van der Waals surface area contributed by atoms with E-state index >= 15 is 0 Å². The number of aryl methyl sites for hydroxylation is 1. The van der Waals surface area contributed by atoms with Gasteiger partial charge in [0.15, 0.2) is 5.75 Å². The van der Waals surface area contributed by atoms with Gasteiger partial charge in [-0.2, -0.15) is 18.6 Å². The summed E-state index contributed by atoms with van der Waals surface area (Å²) in [5, 5.41) is 25.6. The molecule has 0 saturated carbocycles. The monoisotopic (exact) mass is 609 g/mol. The first-order chi connectivity index (χ1) is 18.5. The Bertz CT molecular complexity index is 1730. The van der Waals surface area contributed by atoms with Crippen LogP contribution in [0.25, 0.3) is 10.8 Å². The molecule has 0 heterocycles. The van der Waals surface area contributed by atoms with Crippen LogP contribution in [0.2, 0.25) is 10.0 Å². The van der Waals surface area contributed by atoms with Crippen molar-refractivity contribution >= 4 is 67.1 Å². The minimum atomic E-state index is -4.63. The van der Waals surface area contributed by atoms with Crippen LogP contribution in [0.1, 0.15) is 29.8 Å². The Morgan fingerprint density at radius 2 is 1.75 bits per heavy atom. The number of rotatable bonds is 8. The van der Waals surface area contributed by atoms with E-state index in [4.69, 9.17) is 27.9 Å². The van der Waals surface area contributed by atoms with Crippen LogP contribution in [0.4, 0.5) is 17.1 Å². The van der Waals surface area contributed by atoms with Crippen LogP contribution >= 0.6 is 23.2 Å². The Morgan fingerprint density at radius 3 is 2.42 bits per heavy atom. The van der Waals surface area contributed by atoms with Crippen LogP contribution in [0.15, 0.2) is 75.8 Å². The van der Waals surface area contributed by atoms with Crippen molar-refractivity contribution < 1.29 is 57.2 Å². The van der Waals surface area contributed by atoms with Gasteiger partial charge in [-0.25, -0.2) is 0 Å². The van der Waals surface area contributed by atoms with Gasteiger partial charge >= 0.3 is 29.6 Å². The van der Waals surface area contributed by atoms with Gasteiger partial charge in [0.2, 0.25) is 0 Å². The Morgan fingerprint density at radius 1 is 1.02 bits per heavy atom. The van der Waals surface area contributed by atoms with Gasteiger partial charge in [0.25, 0.3) is 16.0 Å². The summed E-state index contributed by atoms with van der Waals surface area (Å²) in [5.74, 6) is -1.13. The molecule has 202 valence electrons. The number of nitrogens with one attached hydrogen (secondary N) is 1. The zero-order valence-corrected chi connectivity index (χ0v) is 26.1. The molecule has 0 fully saturated rings. The van der Waals surface area contributed by atoms with Gasteiger partial charge in [0.05, 0.1) is 33.7 Å². The topological polar surface area (TPSA) is 140 Å². The summed E-state index contributed by atoms with van der Waals surface area (Å²) in [4.78, 5) is 12.7. The van der Waals surface area contributed by atoms with E-state index in [1.165, 1.54) is 12.1 Å². The molecular weight excluding hydrogens is 588 g/mol. The number of hydrogen-bond acceptors (Lipinski definition) is 7. The maximum absolute atomic E-state index is 13.5. The first-order valence-corrected chi connectivity index (χ1v) is 13.9. The van der Waals surface area contributed by atoms with Crippen LogP contribution in [-0.2, 0) is 16.5 Å². The number of para-hydroxylation sites is 1. The maximum atomic E-state index is 13.5. The molecule has 0 radical (unpaired) electrons. The van der Waals surface area contributed by atoms with Crippen molar-refractivity contribution in [2.45, 2.75) is 25.2 Å². The predicted octanol–water partition coefficient (Wildman–Crippen LogP) is 4.10. The van der Waals surface area contributed by atoms with E-state index in [9.17, 15) is 22.9 Å². The van der Waals surface area contributed by atoms with Crippen molar-refractivity contribution in [3.8, 4) is 11.5 Å². The number of benzene rings is 4. The quantitative estimate of drug-likeness (QED) is 0.175. The molecule has 0 aromatic heterocycles.